The Morgan fingerprint density at radius 3 is 2.70 bits per heavy atom. The van der Waals surface area contributed by atoms with E-state index in [1.807, 2.05) is 48.7 Å². The van der Waals surface area contributed by atoms with Gasteiger partial charge in [0.05, 0.1) is 6.54 Å². The van der Waals surface area contributed by atoms with Gasteiger partial charge in [-0.05, 0) is 35.6 Å². The molecule has 1 heterocycles. The molecule has 0 aliphatic rings. The van der Waals surface area contributed by atoms with Crippen molar-refractivity contribution < 1.29 is 9.59 Å². The Balaban J connectivity index is 1.90. The van der Waals surface area contributed by atoms with Crippen LogP contribution in [0, 0.1) is 0 Å². The first-order valence-corrected chi connectivity index (χ1v) is 8.32. The first-order valence-electron chi connectivity index (χ1n) is 7.44. The molecule has 0 unspecified atom stereocenters. The average Bonchev–Trinajstić information content (AvgIpc) is 3.06. The quantitative estimate of drug-likeness (QED) is 0.826. The number of amides is 2. The van der Waals surface area contributed by atoms with Gasteiger partial charge in [0.2, 0.25) is 11.8 Å². The zero-order chi connectivity index (χ0) is 16.7. The maximum absolute atomic E-state index is 12.1. The summed E-state index contributed by atoms with van der Waals surface area (Å²) in [6.45, 7) is 2.06. The van der Waals surface area contributed by atoms with Gasteiger partial charge in [-0.1, -0.05) is 31.2 Å². The summed E-state index contributed by atoms with van der Waals surface area (Å²) in [5.41, 5.74) is 1.88. The number of benzene rings is 1. The fourth-order valence-corrected chi connectivity index (χ4v) is 2.72. The van der Waals surface area contributed by atoms with Crippen LogP contribution in [-0.4, -0.2) is 30.3 Å². The molecule has 1 aromatic heterocycles. The largest absolute Gasteiger partial charge is 0.333 e. The van der Waals surface area contributed by atoms with Gasteiger partial charge >= 0.3 is 0 Å². The van der Waals surface area contributed by atoms with Crippen LogP contribution >= 0.6 is 11.3 Å². The minimum absolute atomic E-state index is 0.0195. The van der Waals surface area contributed by atoms with Gasteiger partial charge < -0.3 is 10.2 Å². The molecule has 1 aromatic carbocycles. The zero-order valence-electron chi connectivity index (χ0n) is 13.3. The van der Waals surface area contributed by atoms with Gasteiger partial charge in [0.15, 0.2) is 0 Å². The molecule has 120 valence electrons. The van der Waals surface area contributed by atoms with Crippen molar-refractivity contribution in [3.05, 3.63) is 58.3 Å². The summed E-state index contributed by atoms with van der Waals surface area (Å²) < 4.78 is 0. The van der Waals surface area contributed by atoms with Crippen molar-refractivity contribution >= 4 is 34.9 Å². The number of anilines is 1. The molecule has 0 aliphatic heterocycles. The Morgan fingerprint density at radius 1 is 1.22 bits per heavy atom. The average molecular weight is 328 g/mol. The van der Waals surface area contributed by atoms with E-state index in [0.29, 0.717) is 0 Å². The molecule has 0 bridgehead atoms. The molecule has 2 amide bonds. The highest BCUT2D eigenvalue weighted by Crippen LogP contribution is 2.15. The Morgan fingerprint density at radius 2 is 2.00 bits per heavy atom. The molecule has 0 saturated carbocycles. The second kappa shape index (κ2) is 8.29. The molecular weight excluding hydrogens is 308 g/mol. The topological polar surface area (TPSA) is 49.4 Å². The third-order valence-corrected chi connectivity index (χ3v) is 4.20. The number of carbonyl (C=O) groups excluding carboxylic acids is 2. The molecule has 5 heteroatoms. The van der Waals surface area contributed by atoms with Crippen LogP contribution in [0.3, 0.4) is 0 Å². The van der Waals surface area contributed by atoms with E-state index in [-0.39, 0.29) is 18.4 Å². The molecule has 1 N–H and O–H groups in total. The maximum Gasteiger partial charge on any atom is 0.246 e. The van der Waals surface area contributed by atoms with Gasteiger partial charge in [-0.3, -0.25) is 9.59 Å². The Bertz CT molecular complexity index is 693. The van der Waals surface area contributed by atoms with Crippen LogP contribution in [0.1, 0.15) is 17.4 Å². The zero-order valence-corrected chi connectivity index (χ0v) is 14.1. The number of likely N-dealkylation sites (N-methyl/N-ethyl adjacent to an activating group) is 1. The predicted molar refractivity (Wildman–Crippen MR) is 95.4 cm³/mol. The van der Waals surface area contributed by atoms with Crippen LogP contribution in [-0.2, 0) is 16.0 Å². The van der Waals surface area contributed by atoms with Gasteiger partial charge in [0.25, 0.3) is 0 Å². The lowest BCUT2D eigenvalue weighted by molar-refractivity contribution is -0.129. The van der Waals surface area contributed by atoms with Gasteiger partial charge in [-0.25, -0.2) is 0 Å². The van der Waals surface area contributed by atoms with Crippen LogP contribution in [0.25, 0.3) is 6.08 Å². The van der Waals surface area contributed by atoms with E-state index in [0.717, 1.165) is 22.5 Å². The van der Waals surface area contributed by atoms with E-state index in [1.165, 1.54) is 11.0 Å². The number of thiophene rings is 1. The number of aryl methyl sites for hydroxylation is 1. The molecular formula is C18H20N2O2S. The molecule has 0 radical (unpaired) electrons. The van der Waals surface area contributed by atoms with Crippen molar-refractivity contribution in [1.82, 2.24) is 4.90 Å². The van der Waals surface area contributed by atoms with E-state index in [4.69, 9.17) is 0 Å². The minimum atomic E-state index is -0.203. The monoisotopic (exact) mass is 328 g/mol. The van der Waals surface area contributed by atoms with E-state index < -0.39 is 0 Å². The highest BCUT2D eigenvalue weighted by molar-refractivity contribution is 7.10. The van der Waals surface area contributed by atoms with Crippen molar-refractivity contribution in [3.8, 4) is 0 Å². The van der Waals surface area contributed by atoms with Crippen LogP contribution in [0.5, 0.6) is 0 Å². The molecule has 0 fully saturated rings. The minimum Gasteiger partial charge on any atom is -0.333 e. The number of carbonyl (C=O) groups is 2. The smallest absolute Gasteiger partial charge is 0.246 e. The summed E-state index contributed by atoms with van der Waals surface area (Å²) in [6.07, 6.45) is 4.08. The number of nitrogens with zero attached hydrogens (tertiary/aromatic N) is 1. The first-order chi connectivity index (χ1) is 11.1. The Hall–Kier alpha value is -2.40. The highest BCUT2D eigenvalue weighted by atomic mass is 32.1. The second-order valence-corrected chi connectivity index (χ2v) is 6.08. The standard InChI is InChI=1S/C18H20N2O2S/c1-3-14-7-4-5-9-16(14)19-17(21)13-20(2)18(22)11-10-15-8-6-12-23-15/h4-12H,3,13H2,1-2H3,(H,19,21). The molecule has 0 spiro atoms. The lowest BCUT2D eigenvalue weighted by atomic mass is 10.1. The molecule has 0 saturated heterocycles. The maximum atomic E-state index is 12.1. The van der Waals surface area contributed by atoms with E-state index in [2.05, 4.69) is 5.32 Å². The summed E-state index contributed by atoms with van der Waals surface area (Å²) >= 11 is 1.56. The highest BCUT2D eigenvalue weighted by Gasteiger charge is 2.11. The number of para-hydroxylation sites is 1. The molecule has 0 aliphatic carbocycles. The van der Waals surface area contributed by atoms with Crippen molar-refractivity contribution in [1.29, 1.82) is 0 Å². The number of hydrogen-bond donors (Lipinski definition) is 1. The molecule has 4 nitrogen and oxygen atoms in total. The van der Waals surface area contributed by atoms with Crippen molar-refractivity contribution in [3.63, 3.8) is 0 Å². The third-order valence-electron chi connectivity index (χ3n) is 3.36. The van der Waals surface area contributed by atoms with E-state index in [9.17, 15) is 9.59 Å². The van der Waals surface area contributed by atoms with Crippen molar-refractivity contribution in [2.24, 2.45) is 0 Å². The molecule has 2 rings (SSSR count). The molecule has 23 heavy (non-hydrogen) atoms. The fraction of sp³-hybridized carbons (Fsp3) is 0.222. The lowest BCUT2D eigenvalue weighted by Crippen LogP contribution is -2.34. The van der Waals surface area contributed by atoms with Gasteiger partial charge in [0.1, 0.15) is 0 Å². The first kappa shape index (κ1) is 17.0. The summed E-state index contributed by atoms with van der Waals surface area (Å²) in [5, 5.41) is 4.81. The number of rotatable bonds is 6. The summed E-state index contributed by atoms with van der Waals surface area (Å²) in [4.78, 5) is 26.5. The van der Waals surface area contributed by atoms with Crippen molar-refractivity contribution in [2.45, 2.75) is 13.3 Å². The summed E-state index contributed by atoms with van der Waals surface area (Å²) in [5.74, 6) is -0.399. The number of nitrogens with one attached hydrogen (secondary N) is 1. The lowest BCUT2D eigenvalue weighted by Gasteiger charge is -2.16. The fourth-order valence-electron chi connectivity index (χ4n) is 2.10. The normalized spacial score (nSPS) is 10.7. The Kier molecular flexibility index (Phi) is 6.11. The van der Waals surface area contributed by atoms with Crippen LogP contribution in [0.15, 0.2) is 47.9 Å². The molecule has 2 aromatic rings. The summed E-state index contributed by atoms with van der Waals surface area (Å²) in [7, 11) is 1.62. The van der Waals surface area contributed by atoms with Crippen LogP contribution in [0.4, 0.5) is 5.69 Å². The van der Waals surface area contributed by atoms with E-state index >= 15 is 0 Å². The van der Waals surface area contributed by atoms with Gasteiger partial charge in [-0.2, -0.15) is 0 Å². The number of hydrogen-bond acceptors (Lipinski definition) is 3. The van der Waals surface area contributed by atoms with Gasteiger partial charge in [0, 0.05) is 23.7 Å². The van der Waals surface area contributed by atoms with Crippen LogP contribution < -0.4 is 5.32 Å². The Labute approximate surface area is 140 Å². The van der Waals surface area contributed by atoms with Crippen LogP contribution in [0.2, 0.25) is 0 Å². The van der Waals surface area contributed by atoms with Crippen molar-refractivity contribution in [2.75, 3.05) is 18.9 Å². The molecule has 0 atom stereocenters. The van der Waals surface area contributed by atoms with Gasteiger partial charge in [-0.15, -0.1) is 11.3 Å². The van der Waals surface area contributed by atoms with E-state index in [1.54, 1.807) is 24.5 Å². The summed E-state index contributed by atoms with van der Waals surface area (Å²) in [6, 6.07) is 11.5. The third kappa shape index (κ3) is 5.07. The predicted octanol–water partition coefficient (Wildman–Crippen LogP) is 3.42. The SMILES string of the molecule is CCc1ccccc1NC(=O)CN(C)C(=O)C=Cc1cccs1. The second-order valence-electron chi connectivity index (χ2n) is 5.10.